The molecule has 1 atom stereocenters. The lowest BCUT2D eigenvalue weighted by atomic mass is 10.2. The molecule has 0 spiro atoms. The van der Waals surface area contributed by atoms with E-state index in [1.54, 1.807) is 6.20 Å². The fraction of sp³-hybridized carbons (Fsp3) is 0.333. The highest BCUT2D eigenvalue weighted by Crippen LogP contribution is 2.07. The number of nitrogens with zero attached hydrogens (tertiary/aromatic N) is 2. The van der Waals surface area contributed by atoms with Gasteiger partial charge in [-0.25, -0.2) is 9.97 Å². The molecule has 2 rings (SSSR count). The molecule has 0 bridgehead atoms. The topological polar surface area (TPSA) is 67.6 Å². The molecule has 0 aliphatic rings. The van der Waals surface area contributed by atoms with Crippen LogP contribution in [-0.2, 0) is 6.42 Å². The van der Waals surface area contributed by atoms with Gasteiger partial charge in [0.1, 0.15) is 5.82 Å². The molecule has 3 N–H and O–H groups in total. The minimum atomic E-state index is 0.126. The number of aromatic nitrogens is 3. The Morgan fingerprint density at radius 2 is 2.46 bits per heavy atom. The van der Waals surface area contributed by atoms with E-state index in [-0.39, 0.29) is 6.04 Å². The van der Waals surface area contributed by atoms with Crippen molar-refractivity contribution in [3.8, 4) is 0 Å². The second-order valence-electron chi connectivity index (χ2n) is 3.24. The number of H-pyrrole nitrogens is 1. The minimum absolute atomic E-state index is 0.126. The average Bonchev–Trinajstić information content (AvgIpc) is 2.44. The summed E-state index contributed by atoms with van der Waals surface area (Å²) < 4.78 is 0. The van der Waals surface area contributed by atoms with Gasteiger partial charge in [-0.3, -0.25) is 0 Å². The smallest absolute Gasteiger partial charge is 0.177 e. The van der Waals surface area contributed by atoms with Gasteiger partial charge in [0.2, 0.25) is 0 Å². The van der Waals surface area contributed by atoms with Gasteiger partial charge in [-0.15, -0.1) is 0 Å². The molecular formula is C9H12N4. The van der Waals surface area contributed by atoms with Gasteiger partial charge < -0.3 is 10.7 Å². The first-order valence-corrected chi connectivity index (χ1v) is 4.31. The molecule has 0 radical (unpaired) electrons. The normalized spacial score (nSPS) is 13.4. The highest BCUT2D eigenvalue weighted by molar-refractivity contribution is 5.69. The molecule has 2 heterocycles. The molecule has 68 valence electrons. The molecule has 0 saturated heterocycles. The van der Waals surface area contributed by atoms with Gasteiger partial charge in [0, 0.05) is 18.7 Å². The Bertz CT molecular complexity index is 372. The van der Waals surface area contributed by atoms with Crippen LogP contribution < -0.4 is 5.73 Å². The van der Waals surface area contributed by atoms with E-state index in [1.807, 2.05) is 19.1 Å². The van der Waals surface area contributed by atoms with E-state index in [0.29, 0.717) is 0 Å². The molecule has 0 aromatic carbocycles. The highest BCUT2D eigenvalue weighted by Gasteiger charge is 2.04. The van der Waals surface area contributed by atoms with E-state index < -0.39 is 0 Å². The fourth-order valence-corrected chi connectivity index (χ4v) is 1.30. The molecule has 4 heteroatoms. The van der Waals surface area contributed by atoms with E-state index in [0.717, 1.165) is 23.4 Å². The van der Waals surface area contributed by atoms with Crippen LogP contribution in [0.4, 0.5) is 0 Å². The summed E-state index contributed by atoms with van der Waals surface area (Å²) in [5.74, 6) is 0.906. The second kappa shape index (κ2) is 3.14. The molecule has 4 nitrogen and oxygen atoms in total. The Morgan fingerprint density at radius 1 is 1.62 bits per heavy atom. The average molecular weight is 176 g/mol. The largest absolute Gasteiger partial charge is 0.341 e. The molecular weight excluding hydrogens is 164 g/mol. The molecule has 0 aliphatic carbocycles. The first-order valence-electron chi connectivity index (χ1n) is 4.31. The third-order valence-electron chi connectivity index (χ3n) is 1.82. The van der Waals surface area contributed by atoms with E-state index in [4.69, 9.17) is 5.73 Å². The second-order valence-corrected chi connectivity index (χ2v) is 3.24. The van der Waals surface area contributed by atoms with Crippen molar-refractivity contribution in [1.82, 2.24) is 15.0 Å². The van der Waals surface area contributed by atoms with Gasteiger partial charge in [0.25, 0.3) is 0 Å². The monoisotopic (exact) mass is 176 g/mol. The summed E-state index contributed by atoms with van der Waals surface area (Å²) in [6.07, 6.45) is 2.50. The van der Waals surface area contributed by atoms with Crippen molar-refractivity contribution in [1.29, 1.82) is 0 Å². The number of imidazole rings is 1. The summed E-state index contributed by atoms with van der Waals surface area (Å²) >= 11 is 0. The lowest BCUT2D eigenvalue weighted by Crippen LogP contribution is -2.18. The van der Waals surface area contributed by atoms with Crippen molar-refractivity contribution in [2.45, 2.75) is 19.4 Å². The van der Waals surface area contributed by atoms with Gasteiger partial charge >= 0.3 is 0 Å². The van der Waals surface area contributed by atoms with Crippen molar-refractivity contribution in [3.05, 3.63) is 24.2 Å². The van der Waals surface area contributed by atoms with E-state index in [2.05, 4.69) is 15.0 Å². The number of nitrogens with one attached hydrogen (secondary N) is 1. The summed E-state index contributed by atoms with van der Waals surface area (Å²) in [5, 5.41) is 0. The third-order valence-corrected chi connectivity index (χ3v) is 1.82. The molecule has 13 heavy (non-hydrogen) atoms. The van der Waals surface area contributed by atoms with Gasteiger partial charge in [0.15, 0.2) is 5.65 Å². The van der Waals surface area contributed by atoms with Crippen LogP contribution in [0.2, 0.25) is 0 Å². The number of nitrogens with two attached hydrogens (primary N) is 1. The first kappa shape index (κ1) is 8.19. The summed E-state index contributed by atoms with van der Waals surface area (Å²) in [6, 6.07) is 3.97. The first-order chi connectivity index (χ1) is 6.25. The molecule has 2 aromatic rings. The summed E-state index contributed by atoms with van der Waals surface area (Å²) in [6.45, 7) is 1.96. The van der Waals surface area contributed by atoms with E-state index in [1.165, 1.54) is 0 Å². The maximum atomic E-state index is 5.67. The van der Waals surface area contributed by atoms with Crippen LogP contribution in [0.5, 0.6) is 0 Å². The predicted octanol–water partition coefficient (Wildman–Crippen LogP) is 0.848. The predicted molar refractivity (Wildman–Crippen MR) is 51.2 cm³/mol. The summed E-state index contributed by atoms with van der Waals surface area (Å²) in [7, 11) is 0. The van der Waals surface area contributed by atoms with Crippen LogP contribution >= 0.6 is 0 Å². The Labute approximate surface area is 76.2 Å². The number of rotatable bonds is 2. The van der Waals surface area contributed by atoms with Crippen molar-refractivity contribution >= 4 is 11.2 Å². The van der Waals surface area contributed by atoms with Gasteiger partial charge in [0.05, 0.1) is 5.52 Å². The standard InChI is InChI=1S/C9H12N4/c1-6(10)5-8-12-7-3-2-4-11-9(7)13-8/h2-4,6H,5,10H2,1H3,(H,11,12,13). The van der Waals surface area contributed by atoms with Crippen molar-refractivity contribution in [3.63, 3.8) is 0 Å². The van der Waals surface area contributed by atoms with Gasteiger partial charge in [-0.1, -0.05) is 0 Å². The maximum absolute atomic E-state index is 5.67. The lowest BCUT2D eigenvalue weighted by molar-refractivity contribution is 0.711. The molecule has 0 amide bonds. The number of pyridine rings is 1. The Morgan fingerprint density at radius 3 is 3.15 bits per heavy atom. The highest BCUT2D eigenvalue weighted by atomic mass is 15.0. The minimum Gasteiger partial charge on any atom is -0.341 e. The van der Waals surface area contributed by atoms with Crippen LogP contribution in [0.3, 0.4) is 0 Å². The number of fused-ring (bicyclic) bond motifs is 1. The van der Waals surface area contributed by atoms with E-state index >= 15 is 0 Å². The molecule has 1 unspecified atom stereocenters. The van der Waals surface area contributed by atoms with Crippen molar-refractivity contribution in [2.24, 2.45) is 5.73 Å². The third kappa shape index (κ3) is 1.67. The maximum Gasteiger partial charge on any atom is 0.177 e. The summed E-state index contributed by atoms with van der Waals surface area (Å²) in [4.78, 5) is 11.6. The van der Waals surface area contributed by atoms with Crippen LogP contribution in [0.25, 0.3) is 11.2 Å². The van der Waals surface area contributed by atoms with Crippen LogP contribution in [-0.4, -0.2) is 21.0 Å². The number of hydrogen-bond donors (Lipinski definition) is 2. The summed E-state index contributed by atoms with van der Waals surface area (Å²) in [5.41, 5.74) is 7.40. The zero-order valence-corrected chi connectivity index (χ0v) is 7.49. The Balaban J connectivity index is 2.38. The van der Waals surface area contributed by atoms with E-state index in [9.17, 15) is 0 Å². The van der Waals surface area contributed by atoms with Gasteiger partial charge in [-0.05, 0) is 19.1 Å². The van der Waals surface area contributed by atoms with Gasteiger partial charge in [-0.2, -0.15) is 0 Å². The molecule has 0 fully saturated rings. The van der Waals surface area contributed by atoms with Crippen molar-refractivity contribution in [2.75, 3.05) is 0 Å². The number of aromatic amines is 1. The van der Waals surface area contributed by atoms with Crippen LogP contribution in [0, 0.1) is 0 Å². The lowest BCUT2D eigenvalue weighted by Gasteiger charge is -1.98. The van der Waals surface area contributed by atoms with Crippen LogP contribution in [0.15, 0.2) is 18.3 Å². The molecule has 0 aliphatic heterocycles. The Hall–Kier alpha value is -1.42. The zero-order valence-electron chi connectivity index (χ0n) is 7.49. The zero-order chi connectivity index (χ0) is 9.26. The molecule has 2 aromatic heterocycles. The van der Waals surface area contributed by atoms with Crippen molar-refractivity contribution < 1.29 is 0 Å². The quantitative estimate of drug-likeness (QED) is 0.712. The SMILES string of the molecule is CC(N)Cc1nc2ncccc2[nH]1. The molecule has 0 saturated carbocycles. The fourth-order valence-electron chi connectivity index (χ4n) is 1.30. The Kier molecular flexibility index (Phi) is 1.98. The number of hydrogen-bond acceptors (Lipinski definition) is 3. The van der Waals surface area contributed by atoms with Crippen LogP contribution in [0.1, 0.15) is 12.7 Å².